The Bertz CT molecular complexity index is 931. The van der Waals surface area contributed by atoms with Crippen LogP contribution in [0.2, 0.25) is 0 Å². The maximum absolute atomic E-state index is 12.5. The topological polar surface area (TPSA) is 103 Å². The predicted molar refractivity (Wildman–Crippen MR) is 104 cm³/mol. The molecule has 0 radical (unpaired) electrons. The van der Waals surface area contributed by atoms with Crippen molar-refractivity contribution in [3.8, 4) is 0 Å². The van der Waals surface area contributed by atoms with Gasteiger partial charge in [-0.05, 0) is 38.5 Å². The van der Waals surface area contributed by atoms with Crippen molar-refractivity contribution in [3.63, 3.8) is 0 Å². The van der Waals surface area contributed by atoms with Gasteiger partial charge in [-0.25, -0.2) is 9.59 Å². The van der Waals surface area contributed by atoms with Crippen LogP contribution in [0.4, 0.5) is 0 Å². The Morgan fingerprint density at radius 1 is 1.04 bits per heavy atom. The van der Waals surface area contributed by atoms with Crippen LogP contribution < -0.4 is 0 Å². The molecule has 0 amide bonds. The second-order valence-electron chi connectivity index (χ2n) is 5.98. The van der Waals surface area contributed by atoms with E-state index in [2.05, 4.69) is 4.98 Å². The number of aromatic nitrogens is 1. The van der Waals surface area contributed by atoms with E-state index in [1.54, 1.807) is 45.9 Å². The summed E-state index contributed by atoms with van der Waals surface area (Å²) in [4.78, 5) is 40.2. The van der Waals surface area contributed by atoms with Crippen molar-refractivity contribution in [1.82, 2.24) is 4.98 Å². The molecule has 0 fully saturated rings. The first-order chi connectivity index (χ1) is 13.3. The normalized spacial score (nSPS) is 11.7. The van der Waals surface area contributed by atoms with E-state index >= 15 is 0 Å². The van der Waals surface area contributed by atoms with Crippen LogP contribution in [-0.4, -0.2) is 45.9 Å². The summed E-state index contributed by atoms with van der Waals surface area (Å²) in [6, 6.07) is 6.44. The molecule has 0 bridgehead atoms. The van der Waals surface area contributed by atoms with Crippen molar-refractivity contribution in [2.75, 3.05) is 19.0 Å². The number of carbonyl (C=O) groups is 3. The summed E-state index contributed by atoms with van der Waals surface area (Å²) in [6.45, 7) is 6.46. The van der Waals surface area contributed by atoms with Crippen LogP contribution >= 0.6 is 0 Å². The maximum Gasteiger partial charge on any atom is 0.340 e. The van der Waals surface area contributed by atoms with Gasteiger partial charge in [0.1, 0.15) is 0 Å². The number of H-pyrrole nitrogens is 1. The van der Waals surface area contributed by atoms with E-state index in [4.69, 9.17) is 9.47 Å². The van der Waals surface area contributed by atoms with Crippen LogP contribution in [0.5, 0.6) is 0 Å². The molecule has 2 aromatic rings. The average molecular weight is 405 g/mol. The third-order valence-corrected chi connectivity index (χ3v) is 5.52. The van der Waals surface area contributed by atoms with Crippen LogP contribution in [0, 0.1) is 13.8 Å². The number of nitrogens with one attached hydrogen (secondary N) is 1. The van der Waals surface area contributed by atoms with Crippen molar-refractivity contribution in [2.24, 2.45) is 0 Å². The van der Waals surface area contributed by atoms with Crippen molar-refractivity contribution in [3.05, 3.63) is 52.3 Å². The van der Waals surface area contributed by atoms with Crippen LogP contribution in [0.1, 0.15) is 56.3 Å². The van der Waals surface area contributed by atoms with Gasteiger partial charge in [-0.3, -0.25) is 9.00 Å². The van der Waals surface area contributed by atoms with E-state index < -0.39 is 35.1 Å². The Morgan fingerprint density at radius 2 is 1.71 bits per heavy atom. The zero-order valence-electron chi connectivity index (χ0n) is 16.3. The Balaban J connectivity index is 2.15. The number of rotatable bonds is 8. The second-order valence-corrected chi connectivity index (χ2v) is 7.68. The molecule has 0 unspecified atom stereocenters. The first kappa shape index (κ1) is 21.6. The number of ether oxygens (including phenoxy) is 2. The highest BCUT2D eigenvalue weighted by Crippen LogP contribution is 2.20. The van der Waals surface area contributed by atoms with Crippen molar-refractivity contribution in [2.45, 2.75) is 32.6 Å². The molecule has 1 N–H and O–H groups in total. The van der Waals surface area contributed by atoms with E-state index in [9.17, 15) is 18.6 Å². The highest BCUT2D eigenvalue weighted by Gasteiger charge is 2.24. The molecule has 1 aromatic heterocycles. The lowest BCUT2D eigenvalue weighted by atomic mass is 10.1. The number of esters is 2. The van der Waals surface area contributed by atoms with Crippen molar-refractivity contribution in [1.29, 1.82) is 0 Å². The minimum atomic E-state index is -1.33. The lowest BCUT2D eigenvalue weighted by Gasteiger charge is -2.08. The molecule has 0 spiro atoms. The molecule has 7 nitrogen and oxygen atoms in total. The molecule has 1 heterocycles. The highest BCUT2D eigenvalue weighted by atomic mass is 32.2. The minimum absolute atomic E-state index is 0.169. The third kappa shape index (κ3) is 4.56. The number of aromatic amines is 1. The Labute approximate surface area is 165 Å². The summed E-state index contributed by atoms with van der Waals surface area (Å²) >= 11 is 0. The van der Waals surface area contributed by atoms with Gasteiger partial charge in [0.25, 0.3) is 0 Å². The number of hydrogen-bond acceptors (Lipinski definition) is 6. The van der Waals surface area contributed by atoms with Gasteiger partial charge in [0.15, 0.2) is 6.61 Å². The van der Waals surface area contributed by atoms with Crippen LogP contribution in [-0.2, 0) is 20.3 Å². The van der Waals surface area contributed by atoms with Gasteiger partial charge in [0.2, 0.25) is 5.78 Å². The number of carbonyl (C=O) groups excluding carboxylic acids is 3. The van der Waals surface area contributed by atoms with Crippen LogP contribution in [0.3, 0.4) is 0 Å². The molecule has 28 heavy (non-hydrogen) atoms. The van der Waals surface area contributed by atoms with Crippen LogP contribution in [0.15, 0.2) is 29.2 Å². The van der Waals surface area contributed by atoms with Gasteiger partial charge in [-0.15, -0.1) is 0 Å². The van der Waals surface area contributed by atoms with E-state index in [-0.39, 0.29) is 17.9 Å². The highest BCUT2D eigenvalue weighted by molar-refractivity contribution is 7.85. The van der Waals surface area contributed by atoms with Gasteiger partial charge in [-0.1, -0.05) is 19.1 Å². The maximum atomic E-state index is 12.5. The van der Waals surface area contributed by atoms with Crippen molar-refractivity contribution >= 4 is 28.5 Å². The zero-order chi connectivity index (χ0) is 20.8. The van der Waals surface area contributed by atoms with E-state index in [1.165, 1.54) is 6.07 Å². The standard InChI is InChI=1S/C20H23NO6S/c1-5-26-20(24)17-12(3)18(21-13(17)4)15(22)11-27-19(23)14-9-7-8-10-16(14)28(25)6-2/h7-10,21H,5-6,11H2,1-4H3/t28-/m0/s1. The number of aryl methyl sites for hydroxylation is 1. The zero-order valence-corrected chi connectivity index (χ0v) is 17.1. The fraction of sp³-hybridized carbons (Fsp3) is 0.350. The summed E-state index contributed by atoms with van der Waals surface area (Å²) in [6.07, 6.45) is 0. The average Bonchev–Trinajstić information content (AvgIpc) is 2.99. The molecule has 0 aliphatic carbocycles. The van der Waals surface area contributed by atoms with E-state index in [0.717, 1.165) is 0 Å². The molecule has 1 atom stereocenters. The van der Waals surface area contributed by atoms with Gasteiger partial charge >= 0.3 is 11.9 Å². The Kier molecular flexibility index (Phi) is 7.28. The fourth-order valence-corrected chi connectivity index (χ4v) is 3.75. The quantitative estimate of drug-likeness (QED) is 0.535. The molecule has 0 saturated heterocycles. The number of Topliss-reactive ketones (excluding diaryl/α,β-unsaturated/α-hetero) is 1. The van der Waals surface area contributed by atoms with Gasteiger partial charge < -0.3 is 14.5 Å². The fourth-order valence-electron chi connectivity index (χ4n) is 2.81. The minimum Gasteiger partial charge on any atom is -0.462 e. The third-order valence-electron chi connectivity index (χ3n) is 4.14. The lowest BCUT2D eigenvalue weighted by molar-refractivity contribution is 0.0468. The van der Waals surface area contributed by atoms with Gasteiger partial charge in [-0.2, -0.15) is 0 Å². The molecule has 2 rings (SSSR count). The lowest BCUT2D eigenvalue weighted by Crippen LogP contribution is -2.17. The second kappa shape index (κ2) is 9.45. The molecule has 1 aromatic carbocycles. The molecule has 0 saturated carbocycles. The van der Waals surface area contributed by atoms with Gasteiger partial charge in [0.05, 0.1) is 39.1 Å². The summed E-state index contributed by atoms with van der Waals surface area (Å²) in [5.74, 6) is -1.35. The Hall–Kier alpha value is -2.74. The first-order valence-corrected chi connectivity index (χ1v) is 10.2. The first-order valence-electron chi connectivity index (χ1n) is 8.85. The van der Waals surface area contributed by atoms with Gasteiger partial charge in [0, 0.05) is 11.4 Å². The summed E-state index contributed by atoms with van der Waals surface area (Å²) < 4.78 is 22.2. The monoisotopic (exact) mass is 405 g/mol. The molecule has 8 heteroatoms. The molecule has 0 aliphatic heterocycles. The Morgan fingerprint density at radius 3 is 2.36 bits per heavy atom. The van der Waals surface area contributed by atoms with Crippen LogP contribution in [0.25, 0.3) is 0 Å². The number of ketones is 1. The number of hydrogen-bond donors (Lipinski definition) is 1. The molecular formula is C20H23NO6S. The summed E-state index contributed by atoms with van der Waals surface area (Å²) in [5.41, 5.74) is 1.62. The predicted octanol–water partition coefficient (Wildman–Crippen LogP) is 2.98. The SMILES string of the molecule is CCOC(=O)c1c(C)[nH]c(C(=O)COC(=O)c2ccccc2[S@@](=O)CC)c1C. The molecule has 150 valence electrons. The van der Waals surface area contributed by atoms with E-state index in [0.29, 0.717) is 27.5 Å². The van der Waals surface area contributed by atoms with E-state index in [1.807, 2.05) is 0 Å². The smallest absolute Gasteiger partial charge is 0.340 e. The van der Waals surface area contributed by atoms with Crippen molar-refractivity contribution < 1.29 is 28.1 Å². The largest absolute Gasteiger partial charge is 0.462 e. The summed E-state index contributed by atoms with van der Waals surface area (Å²) in [7, 11) is -1.33. The number of benzene rings is 1. The molecule has 0 aliphatic rings. The summed E-state index contributed by atoms with van der Waals surface area (Å²) in [5, 5.41) is 0. The molecular weight excluding hydrogens is 382 g/mol.